The van der Waals surface area contributed by atoms with Crippen molar-refractivity contribution in [3.63, 3.8) is 0 Å². The highest BCUT2D eigenvalue weighted by Crippen LogP contribution is 2.29. The van der Waals surface area contributed by atoms with Crippen LogP contribution in [0.2, 0.25) is 0 Å². The lowest BCUT2D eigenvalue weighted by molar-refractivity contribution is -0.384. The summed E-state index contributed by atoms with van der Waals surface area (Å²) in [4.78, 5) is 34.6. The van der Waals surface area contributed by atoms with Gasteiger partial charge in [-0.3, -0.25) is 14.9 Å². The average molecular weight is 376 g/mol. The molecule has 0 saturated heterocycles. The summed E-state index contributed by atoms with van der Waals surface area (Å²) in [6.45, 7) is 0.308. The van der Waals surface area contributed by atoms with Crippen LogP contribution < -0.4 is 5.32 Å². The largest absolute Gasteiger partial charge is 0.451 e. The summed E-state index contributed by atoms with van der Waals surface area (Å²) in [5.41, 5.74) is -0.0303. The number of amides is 1. The van der Waals surface area contributed by atoms with Crippen molar-refractivity contribution in [2.45, 2.75) is 32.1 Å². The number of nitro benzene ring substituents is 1. The first-order valence-corrected chi connectivity index (χ1v) is 9.46. The van der Waals surface area contributed by atoms with Crippen molar-refractivity contribution in [2.75, 3.05) is 13.2 Å². The van der Waals surface area contributed by atoms with E-state index in [4.69, 9.17) is 4.74 Å². The first-order chi connectivity index (χ1) is 12.5. The second kappa shape index (κ2) is 8.27. The first kappa shape index (κ1) is 18.3. The Morgan fingerprint density at radius 2 is 2.00 bits per heavy atom. The van der Waals surface area contributed by atoms with Crippen LogP contribution in [0.25, 0.3) is 10.1 Å². The smallest absolute Gasteiger partial charge is 0.348 e. The summed E-state index contributed by atoms with van der Waals surface area (Å²) < 4.78 is 5.82. The van der Waals surface area contributed by atoms with E-state index in [1.54, 1.807) is 12.1 Å². The van der Waals surface area contributed by atoms with Crippen molar-refractivity contribution in [1.29, 1.82) is 0 Å². The van der Waals surface area contributed by atoms with Gasteiger partial charge in [-0.2, -0.15) is 0 Å². The number of thiophene rings is 1. The van der Waals surface area contributed by atoms with E-state index in [0.717, 1.165) is 17.5 Å². The first-order valence-electron chi connectivity index (χ1n) is 8.65. The van der Waals surface area contributed by atoms with Crippen LogP contribution in [0.15, 0.2) is 24.3 Å². The Hall–Kier alpha value is -2.48. The Labute approximate surface area is 154 Å². The molecule has 3 rings (SSSR count). The fraction of sp³-hybridized carbons (Fsp3) is 0.444. The lowest BCUT2D eigenvalue weighted by atomic mass is 9.89. The summed E-state index contributed by atoms with van der Waals surface area (Å²) in [6.07, 6.45) is 5.95. The third-order valence-electron chi connectivity index (χ3n) is 4.56. The van der Waals surface area contributed by atoms with Crippen molar-refractivity contribution >= 4 is 39.0 Å². The number of carbonyl (C=O) groups is 2. The van der Waals surface area contributed by atoms with E-state index < -0.39 is 10.9 Å². The van der Waals surface area contributed by atoms with Gasteiger partial charge in [0.15, 0.2) is 6.61 Å². The quantitative estimate of drug-likeness (QED) is 0.471. The van der Waals surface area contributed by atoms with Gasteiger partial charge in [0.1, 0.15) is 4.88 Å². The van der Waals surface area contributed by atoms with Gasteiger partial charge in [0.25, 0.3) is 11.6 Å². The van der Waals surface area contributed by atoms with Crippen molar-refractivity contribution in [2.24, 2.45) is 5.92 Å². The molecule has 1 aliphatic rings. The zero-order chi connectivity index (χ0) is 18.5. The minimum atomic E-state index is -0.596. The molecule has 2 aromatic rings. The molecular weight excluding hydrogens is 356 g/mol. The van der Waals surface area contributed by atoms with E-state index in [1.807, 2.05) is 0 Å². The average Bonchev–Trinajstić information content (AvgIpc) is 3.08. The van der Waals surface area contributed by atoms with Gasteiger partial charge < -0.3 is 10.1 Å². The van der Waals surface area contributed by atoms with Gasteiger partial charge in [-0.25, -0.2) is 4.79 Å². The topological polar surface area (TPSA) is 98.5 Å². The second-order valence-corrected chi connectivity index (χ2v) is 7.56. The van der Waals surface area contributed by atoms with Crippen molar-refractivity contribution in [3.8, 4) is 0 Å². The van der Waals surface area contributed by atoms with E-state index in [1.165, 1.54) is 42.7 Å². The number of nitrogens with zero attached hydrogens (tertiary/aromatic N) is 1. The molecule has 0 spiro atoms. The standard InChI is InChI=1S/C18H20N2O5S/c21-17(19-10-12-4-2-1-3-5-12)11-25-18(22)16-9-13-8-14(20(23)24)6-7-15(13)26-16/h6-9,12H,1-5,10-11H2,(H,19,21). The molecule has 1 heterocycles. The zero-order valence-corrected chi connectivity index (χ0v) is 15.0. The Kier molecular flexibility index (Phi) is 5.82. The van der Waals surface area contributed by atoms with Crippen molar-refractivity contribution < 1.29 is 19.2 Å². The van der Waals surface area contributed by atoms with Crippen LogP contribution in [0.5, 0.6) is 0 Å². The van der Waals surface area contributed by atoms with Gasteiger partial charge in [-0.15, -0.1) is 11.3 Å². The van der Waals surface area contributed by atoms with Gasteiger partial charge in [0.2, 0.25) is 0 Å². The molecule has 1 aromatic heterocycles. The molecule has 0 atom stereocenters. The summed E-state index contributed by atoms with van der Waals surface area (Å²) in [5, 5.41) is 14.2. The minimum Gasteiger partial charge on any atom is -0.451 e. The van der Waals surface area contributed by atoms with Crippen LogP contribution in [0.3, 0.4) is 0 Å². The fourth-order valence-corrected chi connectivity index (χ4v) is 4.08. The number of nitro groups is 1. The summed E-state index contributed by atoms with van der Waals surface area (Å²) in [5.74, 6) is -0.385. The Morgan fingerprint density at radius 3 is 2.73 bits per heavy atom. The highest BCUT2D eigenvalue weighted by molar-refractivity contribution is 7.20. The molecule has 0 bridgehead atoms. The molecule has 1 fully saturated rings. The van der Waals surface area contributed by atoms with E-state index in [-0.39, 0.29) is 18.2 Å². The molecule has 1 amide bonds. The van der Waals surface area contributed by atoms with Crippen LogP contribution in [-0.4, -0.2) is 30.0 Å². The lowest BCUT2D eigenvalue weighted by Gasteiger charge is -2.21. The van der Waals surface area contributed by atoms with Crippen LogP contribution in [-0.2, 0) is 9.53 Å². The van der Waals surface area contributed by atoms with E-state index in [9.17, 15) is 19.7 Å². The summed E-state index contributed by atoms with van der Waals surface area (Å²) in [7, 11) is 0. The molecule has 0 unspecified atom stereocenters. The number of ether oxygens (including phenoxy) is 1. The summed E-state index contributed by atoms with van der Waals surface area (Å²) >= 11 is 1.18. The maximum Gasteiger partial charge on any atom is 0.348 e. The predicted octanol–water partition coefficient (Wildman–Crippen LogP) is 3.66. The number of carbonyl (C=O) groups excluding carboxylic acids is 2. The van der Waals surface area contributed by atoms with Gasteiger partial charge in [-0.05, 0) is 30.9 Å². The van der Waals surface area contributed by atoms with Crippen LogP contribution in [0.4, 0.5) is 5.69 Å². The predicted molar refractivity (Wildman–Crippen MR) is 98.3 cm³/mol. The molecule has 26 heavy (non-hydrogen) atoms. The van der Waals surface area contributed by atoms with Gasteiger partial charge in [0, 0.05) is 28.8 Å². The second-order valence-electron chi connectivity index (χ2n) is 6.47. The number of nitrogens with one attached hydrogen (secondary N) is 1. The molecular formula is C18H20N2O5S. The normalized spacial score (nSPS) is 14.9. The minimum absolute atomic E-state index is 0.0303. The Balaban J connectivity index is 1.51. The molecule has 1 N–H and O–H groups in total. The number of benzene rings is 1. The molecule has 8 heteroatoms. The maximum absolute atomic E-state index is 12.1. The monoisotopic (exact) mass is 376 g/mol. The number of hydrogen-bond donors (Lipinski definition) is 1. The molecule has 0 radical (unpaired) electrons. The third kappa shape index (κ3) is 4.57. The molecule has 1 saturated carbocycles. The van der Waals surface area contributed by atoms with Crippen LogP contribution in [0, 0.1) is 16.0 Å². The van der Waals surface area contributed by atoms with E-state index in [2.05, 4.69) is 5.32 Å². The van der Waals surface area contributed by atoms with E-state index >= 15 is 0 Å². The number of non-ortho nitro benzene ring substituents is 1. The molecule has 0 aliphatic heterocycles. The Bertz CT molecular complexity index is 826. The van der Waals surface area contributed by atoms with Gasteiger partial charge in [0.05, 0.1) is 4.92 Å². The number of fused-ring (bicyclic) bond motifs is 1. The van der Waals surface area contributed by atoms with Gasteiger partial charge >= 0.3 is 5.97 Å². The number of esters is 1. The van der Waals surface area contributed by atoms with E-state index in [0.29, 0.717) is 22.7 Å². The third-order valence-corrected chi connectivity index (χ3v) is 5.66. The molecule has 1 aromatic carbocycles. The van der Waals surface area contributed by atoms with Crippen LogP contribution >= 0.6 is 11.3 Å². The lowest BCUT2D eigenvalue weighted by Crippen LogP contribution is -2.33. The summed E-state index contributed by atoms with van der Waals surface area (Å²) in [6, 6.07) is 5.97. The highest BCUT2D eigenvalue weighted by atomic mass is 32.1. The maximum atomic E-state index is 12.1. The van der Waals surface area contributed by atoms with Crippen LogP contribution in [0.1, 0.15) is 41.8 Å². The van der Waals surface area contributed by atoms with Crippen molar-refractivity contribution in [1.82, 2.24) is 5.32 Å². The fourth-order valence-electron chi connectivity index (χ4n) is 3.15. The Morgan fingerprint density at radius 1 is 1.23 bits per heavy atom. The van der Waals surface area contributed by atoms with Crippen molar-refractivity contribution in [3.05, 3.63) is 39.3 Å². The zero-order valence-electron chi connectivity index (χ0n) is 14.2. The molecule has 1 aliphatic carbocycles. The molecule has 7 nitrogen and oxygen atoms in total. The number of rotatable bonds is 6. The SMILES string of the molecule is O=C(COC(=O)c1cc2cc([N+](=O)[O-])ccc2s1)NCC1CCCCC1. The van der Waals surface area contributed by atoms with Gasteiger partial charge in [-0.1, -0.05) is 19.3 Å². The number of hydrogen-bond acceptors (Lipinski definition) is 6. The highest BCUT2D eigenvalue weighted by Gasteiger charge is 2.17. The molecule has 138 valence electrons.